The Hall–Kier alpha value is -1.17. The number of rotatable bonds is 1. The number of allylic oxidation sites excluding steroid dienone is 1. The van der Waals surface area contributed by atoms with Crippen LogP contribution in [0.2, 0.25) is 5.02 Å². The first kappa shape index (κ1) is 13.8. The Kier molecular flexibility index (Phi) is 3.92. The van der Waals surface area contributed by atoms with Crippen LogP contribution in [-0.2, 0) is 9.59 Å². The predicted molar refractivity (Wildman–Crippen MR) is 85.0 cm³/mol. The smallest absolute Gasteiger partial charge is 0.268 e. The molecule has 2 heterocycles. The average molecular weight is 324 g/mol. The van der Waals surface area contributed by atoms with Gasteiger partial charge in [-0.3, -0.25) is 14.5 Å². The van der Waals surface area contributed by atoms with E-state index in [0.717, 1.165) is 15.7 Å². The van der Waals surface area contributed by atoms with Crippen LogP contribution in [-0.4, -0.2) is 23.2 Å². The van der Waals surface area contributed by atoms with Crippen molar-refractivity contribution in [2.75, 3.05) is 16.4 Å². The van der Waals surface area contributed by atoms with E-state index >= 15 is 0 Å². The molecule has 20 heavy (non-hydrogen) atoms. The first-order valence-corrected chi connectivity index (χ1v) is 8.34. The highest BCUT2D eigenvalue weighted by atomic mass is 35.5. The lowest BCUT2D eigenvalue weighted by Gasteiger charge is -2.24. The zero-order valence-electron chi connectivity index (χ0n) is 10.3. The fraction of sp³-hybridized carbons (Fsp3) is 0.143. The quantitative estimate of drug-likeness (QED) is 0.586. The van der Waals surface area contributed by atoms with Crippen LogP contribution in [0.5, 0.6) is 0 Å². The summed E-state index contributed by atoms with van der Waals surface area (Å²) in [6, 6.07) is 7.10. The molecule has 0 aliphatic carbocycles. The molecule has 2 aliphatic rings. The third-order valence-electron chi connectivity index (χ3n) is 2.92. The molecule has 0 saturated carbocycles. The topological polar surface area (TPSA) is 37.4 Å². The van der Waals surface area contributed by atoms with E-state index in [1.165, 1.54) is 17.2 Å². The number of hydrogen-bond acceptors (Lipinski definition) is 4. The van der Waals surface area contributed by atoms with Crippen LogP contribution in [0.4, 0.5) is 5.69 Å². The van der Waals surface area contributed by atoms with E-state index in [1.54, 1.807) is 41.7 Å². The lowest BCUT2D eigenvalue weighted by atomic mass is 10.1. The summed E-state index contributed by atoms with van der Waals surface area (Å²) in [6.07, 6.45) is 2.91. The summed E-state index contributed by atoms with van der Waals surface area (Å²) < 4.78 is 0.821. The number of hydrogen-bond donors (Lipinski definition) is 0. The molecule has 0 N–H and O–H groups in total. The van der Waals surface area contributed by atoms with Gasteiger partial charge in [-0.15, -0.1) is 23.5 Å². The second kappa shape index (κ2) is 5.68. The first-order chi connectivity index (χ1) is 9.68. The second-order valence-electron chi connectivity index (χ2n) is 4.17. The third kappa shape index (κ3) is 2.41. The molecule has 1 saturated heterocycles. The molecule has 1 amide bonds. The van der Waals surface area contributed by atoms with E-state index < -0.39 is 0 Å². The number of para-hydroxylation sites is 1. The van der Waals surface area contributed by atoms with Crippen molar-refractivity contribution in [1.82, 2.24) is 0 Å². The van der Waals surface area contributed by atoms with Gasteiger partial charge in [0.1, 0.15) is 5.57 Å². The number of amides is 1. The number of nitrogens with zero attached hydrogens (tertiary/aromatic N) is 1. The Bertz CT molecular complexity index is 646. The number of thioether (sulfide) groups is 2. The van der Waals surface area contributed by atoms with Gasteiger partial charge in [0.05, 0.1) is 14.9 Å². The van der Waals surface area contributed by atoms with Crippen molar-refractivity contribution in [3.05, 3.63) is 51.4 Å². The SMILES string of the molecule is O=C1C=CN(c2ccccc2Cl)C(=O)C1=C1SCCS1. The van der Waals surface area contributed by atoms with Crippen molar-refractivity contribution in [1.29, 1.82) is 0 Å². The Morgan fingerprint density at radius 2 is 1.80 bits per heavy atom. The van der Waals surface area contributed by atoms with Gasteiger partial charge in [-0.25, -0.2) is 0 Å². The largest absolute Gasteiger partial charge is 0.289 e. The molecule has 0 bridgehead atoms. The van der Waals surface area contributed by atoms with Crippen LogP contribution in [0.15, 0.2) is 46.4 Å². The molecule has 0 aromatic heterocycles. The molecule has 3 nitrogen and oxygen atoms in total. The van der Waals surface area contributed by atoms with Crippen LogP contribution >= 0.6 is 35.1 Å². The fourth-order valence-electron chi connectivity index (χ4n) is 2.00. The summed E-state index contributed by atoms with van der Waals surface area (Å²) >= 11 is 9.26. The summed E-state index contributed by atoms with van der Waals surface area (Å²) in [5.41, 5.74) is 0.855. The van der Waals surface area contributed by atoms with Gasteiger partial charge in [0, 0.05) is 23.8 Å². The van der Waals surface area contributed by atoms with E-state index in [9.17, 15) is 9.59 Å². The molecule has 102 valence electrons. The minimum atomic E-state index is -0.303. The number of benzene rings is 1. The minimum absolute atomic E-state index is 0.227. The maximum Gasteiger partial charge on any atom is 0.268 e. The standard InChI is InChI=1S/C14H10ClNO2S2/c15-9-3-1-2-4-10(9)16-6-5-11(17)12(13(16)18)14-19-7-8-20-14/h1-6H,7-8H2. The molecule has 1 aromatic rings. The van der Waals surface area contributed by atoms with Gasteiger partial charge in [-0.1, -0.05) is 23.7 Å². The van der Waals surface area contributed by atoms with Crippen LogP contribution in [0.25, 0.3) is 0 Å². The van der Waals surface area contributed by atoms with Crippen molar-refractivity contribution in [3.8, 4) is 0 Å². The highest BCUT2D eigenvalue weighted by Gasteiger charge is 2.32. The molecule has 2 aliphatic heterocycles. The Balaban J connectivity index is 2.05. The highest BCUT2D eigenvalue weighted by molar-refractivity contribution is 8.25. The van der Waals surface area contributed by atoms with Crippen LogP contribution in [0, 0.1) is 0 Å². The van der Waals surface area contributed by atoms with E-state index in [-0.39, 0.29) is 17.3 Å². The molecule has 0 spiro atoms. The molecule has 1 aromatic carbocycles. The van der Waals surface area contributed by atoms with Gasteiger partial charge < -0.3 is 0 Å². The number of anilines is 1. The third-order valence-corrected chi connectivity index (χ3v) is 5.95. The van der Waals surface area contributed by atoms with Crippen molar-refractivity contribution in [2.45, 2.75) is 0 Å². The van der Waals surface area contributed by atoms with E-state index in [1.807, 2.05) is 6.07 Å². The lowest BCUT2D eigenvalue weighted by Crippen LogP contribution is -2.34. The van der Waals surface area contributed by atoms with Crippen molar-refractivity contribution < 1.29 is 9.59 Å². The predicted octanol–water partition coefficient (Wildman–Crippen LogP) is 3.46. The Labute approximate surface area is 130 Å². The summed E-state index contributed by atoms with van der Waals surface area (Å²) in [6.45, 7) is 0. The molecular formula is C14H10ClNO2S2. The highest BCUT2D eigenvalue weighted by Crippen LogP contribution is 2.41. The molecular weight excluding hydrogens is 314 g/mol. The van der Waals surface area contributed by atoms with Gasteiger partial charge in [-0.05, 0) is 12.1 Å². The number of carbonyl (C=O) groups excluding carboxylic acids is 2. The van der Waals surface area contributed by atoms with Crippen LogP contribution in [0.3, 0.4) is 0 Å². The van der Waals surface area contributed by atoms with Gasteiger partial charge in [0.2, 0.25) is 0 Å². The zero-order chi connectivity index (χ0) is 14.1. The molecule has 1 fully saturated rings. The van der Waals surface area contributed by atoms with Gasteiger partial charge >= 0.3 is 0 Å². The van der Waals surface area contributed by atoms with E-state index in [4.69, 9.17) is 11.6 Å². The Morgan fingerprint density at radius 1 is 1.10 bits per heavy atom. The average Bonchev–Trinajstić information content (AvgIpc) is 2.94. The fourth-order valence-corrected chi connectivity index (χ4v) is 4.76. The number of carbonyl (C=O) groups is 2. The lowest BCUT2D eigenvalue weighted by molar-refractivity contribution is -0.119. The van der Waals surface area contributed by atoms with Crippen LogP contribution < -0.4 is 4.90 Å². The van der Waals surface area contributed by atoms with E-state index in [2.05, 4.69) is 0 Å². The molecule has 6 heteroatoms. The number of halogens is 1. The summed E-state index contributed by atoms with van der Waals surface area (Å²) in [5, 5.41) is 0.482. The second-order valence-corrected chi connectivity index (χ2v) is 7.04. The molecule has 0 radical (unpaired) electrons. The first-order valence-electron chi connectivity index (χ1n) is 5.99. The maximum absolute atomic E-state index is 12.6. The summed E-state index contributed by atoms with van der Waals surface area (Å²) in [4.78, 5) is 26.0. The zero-order valence-corrected chi connectivity index (χ0v) is 12.7. The van der Waals surface area contributed by atoms with Gasteiger partial charge in [0.25, 0.3) is 5.91 Å². The maximum atomic E-state index is 12.6. The monoisotopic (exact) mass is 323 g/mol. The van der Waals surface area contributed by atoms with Gasteiger partial charge in [0.15, 0.2) is 5.78 Å². The number of ketones is 1. The van der Waals surface area contributed by atoms with Gasteiger partial charge in [-0.2, -0.15) is 0 Å². The minimum Gasteiger partial charge on any atom is -0.289 e. The van der Waals surface area contributed by atoms with Crippen molar-refractivity contribution in [2.24, 2.45) is 0 Å². The normalized spacial score (nSPS) is 19.1. The van der Waals surface area contributed by atoms with Crippen molar-refractivity contribution >= 4 is 52.5 Å². The van der Waals surface area contributed by atoms with Crippen LogP contribution in [0.1, 0.15) is 0 Å². The Morgan fingerprint density at radius 3 is 2.50 bits per heavy atom. The molecule has 0 unspecified atom stereocenters. The summed E-state index contributed by atoms with van der Waals surface area (Å²) in [5.74, 6) is 1.33. The van der Waals surface area contributed by atoms with E-state index in [0.29, 0.717) is 10.7 Å². The summed E-state index contributed by atoms with van der Waals surface area (Å²) in [7, 11) is 0. The molecule has 3 rings (SSSR count). The van der Waals surface area contributed by atoms with Crippen molar-refractivity contribution in [3.63, 3.8) is 0 Å². The molecule has 0 atom stereocenters.